The van der Waals surface area contributed by atoms with Crippen molar-refractivity contribution in [1.82, 2.24) is 25.2 Å². The number of hydrogen-bond donors (Lipinski definition) is 3. The van der Waals surface area contributed by atoms with Gasteiger partial charge in [0.25, 0.3) is 5.91 Å². The van der Waals surface area contributed by atoms with Crippen molar-refractivity contribution in [3.05, 3.63) is 72.6 Å². The highest BCUT2D eigenvalue weighted by molar-refractivity contribution is 7.91. The second-order valence-electron chi connectivity index (χ2n) is 17.0. The average molecular weight is 830 g/mol. The number of halogens is 1. The van der Waals surface area contributed by atoms with Crippen molar-refractivity contribution in [2.75, 3.05) is 6.54 Å². The minimum absolute atomic E-state index is 0.0331. The molecule has 2 aliphatic heterocycles. The third kappa shape index (κ3) is 8.63. The number of ether oxygens (including phenoxy) is 2. The first-order valence-corrected chi connectivity index (χ1v) is 21.7. The van der Waals surface area contributed by atoms with Gasteiger partial charge in [-0.3, -0.25) is 19.1 Å². The molecule has 4 aromatic rings. The molecule has 14 nitrogen and oxygen atoms in total. The molecule has 5 atom stereocenters. The topological polar surface area (TPSA) is 186 Å². The van der Waals surface area contributed by atoms with Crippen molar-refractivity contribution < 1.29 is 45.9 Å². The maximum Gasteiger partial charge on any atom is 0.408 e. The number of amides is 4. The minimum Gasteiger partial charge on any atom is -0.484 e. The lowest BCUT2D eigenvalue weighted by Crippen LogP contribution is -2.58. The van der Waals surface area contributed by atoms with Crippen LogP contribution in [-0.2, 0) is 29.1 Å². The van der Waals surface area contributed by atoms with E-state index in [0.29, 0.717) is 47.9 Å². The van der Waals surface area contributed by atoms with Crippen LogP contribution in [0.1, 0.15) is 78.6 Å². The van der Waals surface area contributed by atoms with E-state index in [-0.39, 0.29) is 37.1 Å². The van der Waals surface area contributed by atoms with Gasteiger partial charge in [-0.05, 0) is 77.5 Å². The van der Waals surface area contributed by atoms with E-state index in [1.165, 1.54) is 23.1 Å². The Bertz CT molecular complexity index is 2450. The molecule has 2 aromatic carbocycles. The largest absolute Gasteiger partial charge is 0.484 e. The Morgan fingerprint density at radius 3 is 2.56 bits per heavy atom. The van der Waals surface area contributed by atoms with Gasteiger partial charge in [0.05, 0.1) is 17.5 Å². The number of alkyl carbamates (subject to hydrolysis) is 1. The standard InChI is InChI=1S/C43H48FN5O9S/c1-42(2,3)58-41(53)46-31-15-11-6-4-5-10-14-26-23-43(26,40(52)48-59(54,55)29-17-18-29)47-38(50)33-21-28(24-49(33)39(31)51)56-35-22-32(25-12-8-7-9-13-25)45-36-30-20-27(44)16-19-34(30)57-37(35)36/h7-10,12-14,16,19-20,22,26,28-29,31,33H,4-6,11,15,17-18,21,23-24H2,1-3H3,(H,46,53)(H,47,50)(H,48,52)/b14-10-/t26-,28+,31-,33-,43+/m0/s1. The van der Waals surface area contributed by atoms with Crippen LogP contribution in [-0.4, -0.2) is 83.2 Å². The summed E-state index contributed by atoms with van der Waals surface area (Å²) in [5, 5.41) is 5.39. The number of fused-ring (bicyclic) bond motifs is 5. The van der Waals surface area contributed by atoms with Crippen LogP contribution in [0.2, 0.25) is 0 Å². The van der Waals surface area contributed by atoms with Crippen molar-refractivity contribution in [2.45, 2.75) is 113 Å². The molecule has 0 bridgehead atoms. The summed E-state index contributed by atoms with van der Waals surface area (Å²) in [5.41, 5.74) is -0.123. The SMILES string of the molecule is CC(C)(C)OC(=O)N[C@H]1CCCCC/C=C\[C@H]2C[C@@]2(C(=O)NS(=O)(=O)C2CC2)NC(=O)[C@@H]2C[C@@H](Oc3cc(-c4ccccc4)nc4c3oc3ccc(F)cc34)CN2C1=O. The van der Waals surface area contributed by atoms with Crippen molar-refractivity contribution in [2.24, 2.45) is 5.92 Å². The summed E-state index contributed by atoms with van der Waals surface area (Å²) < 4.78 is 60.9. The van der Waals surface area contributed by atoms with Crippen LogP contribution >= 0.6 is 0 Å². The van der Waals surface area contributed by atoms with Gasteiger partial charge in [0.1, 0.15) is 46.2 Å². The predicted octanol–water partition coefficient (Wildman–Crippen LogP) is 6.03. The summed E-state index contributed by atoms with van der Waals surface area (Å²) >= 11 is 0. The normalized spacial score (nSPS) is 25.9. The molecule has 3 fully saturated rings. The Hall–Kier alpha value is -5.51. The third-order valence-electron chi connectivity index (χ3n) is 11.2. The van der Waals surface area contributed by atoms with Gasteiger partial charge in [0.2, 0.25) is 21.8 Å². The van der Waals surface area contributed by atoms with E-state index >= 15 is 0 Å². The fraction of sp³-hybridized carbons (Fsp3) is 0.465. The summed E-state index contributed by atoms with van der Waals surface area (Å²) in [6.07, 6.45) is 6.24. The van der Waals surface area contributed by atoms with Crippen LogP contribution in [0.4, 0.5) is 9.18 Å². The molecule has 4 amide bonds. The number of allylic oxidation sites excluding steroid dienone is 1. The number of nitrogens with zero attached hydrogens (tertiary/aromatic N) is 2. The van der Waals surface area contributed by atoms with E-state index < -0.39 is 80.2 Å². The number of furan rings is 1. The van der Waals surface area contributed by atoms with Crippen molar-refractivity contribution >= 4 is 55.9 Å². The first-order chi connectivity index (χ1) is 28.1. The first-order valence-electron chi connectivity index (χ1n) is 20.2. The van der Waals surface area contributed by atoms with Crippen molar-refractivity contribution in [1.29, 1.82) is 0 Å². The number of rotatable bonds is 7. The van der Waals surface area contributed by atoms with E-state index in [2.05, 4.69) is 15.4 Å². The van der Waals surface area contributed by atoms with Crippen LogP contribution in [0.15, 0.2) is 71.2 Å². The number of pyridine rings is 1. The van der Waals surface area contributed by atoms with Gasteiger partial charge in [0.15, 0.2) is 11.3 Å². The van der Waals surface area contributed by atoms with Gasteiger partial charge >= 0.3 is 6.09 Å². The molecule has 59 heavy (non-hydrogen) atoms. The lowest BCUT2D eigenvalue weighted by Gasteiger charge is -2.30. The molecular weight excluding hydrogens is 782 g/mol. The van der Waals surface area contributed by atoms with Crippen LogP contribution < -0.4 is 20.1 Å². The zero-order chi connectivity index (χ0) is 41.7. The zero-order valence-electron chi connectivity index (χ0n) is 33.2. The van der Waals surface area contributed by atoms with E-state index in [9.17, 15) is 32.0 Å². The molecule has 2 aromatic heterocycles. The predicted molar refractivity (Wildman–Crippen MR) is 216 cm³/mol. The second kappa shape index (κ2) is 15.6. The van der Waals surface area contributed by atoms with Gasteiger partial charge in [-0.15, -0.1) is 0 Å². The van der Waals surface area contributed by atoms with Gasteiger partial charge in [-0.2, -0.15) is 0 Å². The van der Waals surface area contributed by atoms with E-state index in [1.807, 2.05) is 42.5 Å². The van der Waals surface area contributed by atoms with Gasteiger partial charge in [-0.1, -0.05) is 55.3 Å². The fourth-order valence-electron chi connectivity index (χ4n) is 8.00. The number of aromatic nitrogens is 1. The van der Waals surface area contributed by atoms with Crippen molar-refractivity contribution in [3.63, 3.8) is 0 Å². The number of carbonyl (C=O) groups is 4. The highest BCUT2D eigenvalue weighted by atomic mass is 32.2. The Labute approximate surface area is 341 Å². The molecule has 4 aliphatic rings. The lowest BCUT2D eigenvalue weighted by atomic mass is 10.0. The van der Waals surface area contributed by atoms with Crippen LogP contribution in [0.25, 0.3) is 33.3 Å². The third-order valence-corrected chi connectivity index (χ3v) is 13.1. The molecule has 2 aliphatic carbocycles. The Kier molecular flexibility index (Phi) is 10.6. The van der Waals surface area contributed by atoms with Gasteiger partial charge < -0.3 is 29.4 Å². The number of hydrogen-bond acceptors (Lipinski definition) is 10. The molecule has 0 unspecified atom stereocenters. The summed E-state index contributed by atoms with van der Waals surface area (Å²) in [6, 6.07) is 12.9. The summed E-state index contributed by atoms with van der Waals surface area (Å²) in [4.78, 5) is 62.3. The monoisotopic (exact) mass is 829 g/mol. The Morgan fingerprint density at radius 1 is 1.03 bits per heavy atom. The fourth-order valence-corrected chi connectivity index (χ4v) is 9.36. The molecule has 1 saturated heterocycles. The van der Waals surface area contributed by atoms with Crippen LogP contribution in [0.3, 0.4) is 0 Å². The lowest BCUT2D eigenvalue weighted by molar-refractivity contribution is -0.141. The molecule has 0 radical (unpaired) electrons. The quantitative estimate of drug-likeness (QED) is 0.186. The summed E-state index contributed by atoms with van der Waals surface area (Å²) in [6.45, 7) is 5.05. The highest BCUT2D eigenvalue weighted by Crippen LogP contribution is 2.46. The number of sulfonamides is 1. The maximum absolute atomic E-state index is 14.7. The van der Waals surface area contributed by atoms with E-state index in [0.717, 1.165) is 18.4 Å². The molecule has 312 valence electrons. The Morgan fingerprint density at radius 2 is 1.81 bits per heavy atom. The van der Waals surface area contributed by atoms with Gasteiger partial charge in [-0.25, -0.2) is 22.6 Å². The molecular formula is C43H48FN5O9S. The van der Waals surface area contributed by atoms with Crippen LogP contribution in [0.5, 0.6) is 5.75 Å². The van der Waals surface area contributed by atoms with E-state index in [4.69, 9.17) is 18.9 Å². The Balaban J connectivity index is 1.15. The first kappa shape index (κ1) is 40.3. The average Bonchev–Trinajstić information content (AvgIpc) is 4.08. The smallest absolute Gasteiger partial charge is 0.408 e. The maximum atomic E-state index is 14.7. The highest BCUT2D eigenvalue weighted by Gasteiger charge is 2.62. The molecule has 8 rings (SSSR count). The molecule has 4 heterocycles. The number of benzene rings is 2. The molecule has 3 N–H and O–H groups in total. The van der Waals surface area contributed by atoms with Crippen molar-refractivity contribution in [3.8, 4) is 17.0 Å². The number of carbonyl (C=O) groups excluding carboxylic acids is 4. The van der Waals surface area contributed by atoms with Crippen LogP contribution in [0, 0.1) is 11.7 Å². The minimum atomic E-state index is -3.93. The zero-order valence-corrected chi connectivity index (χ0v) is 34.0. The van der Waals surface area contributed by atoms with E-state index in [1.54, 1.807) is 26.8 Å². The molecule has 16 heteroatoms. The summed E-state index contributed by atoms with van der Waals surface area (Å²) in [7, 11) is -3.93. The molecule has 0 spiro atoms. The van der Waals surface area contributed by atoms with Gasteiger partial charge in [0, 0.05) is 29.4 Å². The second-order valence-corrected chi connectivity index (χ2v) is 18.9. The number of nitrogens with one attached hydrogen (secondary N) is 3. The molecule has 2 saturated carbocycles. The summed E-state index contributed by atoms with van der Waals surface area (Å²) in [5.74, 6) is -2.72.